The Kier molecular flexibility index (Phi) is 7.34. The normalized spacial score (nSPS) is 11.5. The Labute approximate surface area is 199 Å². The van der Waals surface area contributed by atoms with E-state index in [0.29, 0.717) is 37.6 Å². The predicted molar refractivity (Wildman–Crippen MR) is 133 cm³/mol. The second kappa shape index (κ2) is 10.4. The molecule has 0 bridgehead atoms. The Morgan fingerprint density at radius 3 is 1.15 bits per heavy atom. The Morgan fingerprint density at radius 2 is 0.824 bits per heavy atom. The predicted octanol–water partition coefficient (Wildman–Crippen LogP) is 5.66. The second-order valence-corrected chi connectivity index (χ2v) is 8.34. The van der Waals surface area contributed by atoms with Gasteiger partial charge in [-0.3, -0.25) is 0 Å². The van der Waals surface area contributed by atoms with Gasteiger partial charge in [0.1, 0.15) is 11.5 Å². The third-order valence-corrected chi connectivity index (χ3v) is 6.09. The molecule has 0 atom stereocenters. The summed E-state index contributed by atoms with van der Waals surface area (Å²) in [6.07, 6.45) is 0. The van der Waals surface area contributed by atoms with E-state index >= 15 is 0 Å². The van der Waals surface area contributed by atoms with Crippen molar-refractivity contribution < 1.29 is 29.2 Å². The van der Waals surface area contributed by atoms with Gasteiger partial charge in [0, 0.05) is 39.6 Å². The lowest BCUT2D eigenvalue weighted by Crippen LogP contribution is -2.00. The van der Waals surface area contributed by atoms with Crippen molar-refractivity contribution in [3.8, 4) is 22.6 Å². The number of fused-ring (bicyclic) bond motifs is 2. The zero-order valence-electron chi connectivity index (χ0n) is 20.0. The molecular weight excluding hydrogens is 432 g/mol. The molecule has 0 amide bonds. The van der Waals surface area contributed by atoms with Gasteiger partial charge in [-0.15, -0.1) is 0 Å². The lowest BCUT2D eigenvalue weighted by atomic mass is 9.89. The molecule has 0 spiro atoms. The first-order valence-electron chi connectivity index (χ1n) is 11.0. The molecular formula is C28H30O6. The maximum atomic E-state index is 11.0. The van der Waals surface area contributed by atoms with Gasteiger partial charge in [0.05, 0.1) is 26.4 Å². The maximum Gasteiger partial charge on any atom is 0.124 e. The van der Waals surface area contributed by atoms with E-state index in [9.17, 15) is 10.2 Å². The van der Waals surface area contributed by atoms with Gasteiger partial charge < -0.3 is 29.2 Å². The van der Waals surface area contributed by atoms with E-state index in [1.165, 1.54) is 0 Å². The van der Waals surface area contributed by atoms with Crippen LogP contribution in [0.25, 0.3) is 32.7 Å². The molecule has 0 aliphatic carbocycles. The molecule has 2 N–H and O–H groups in total. The largest absolute Gasteiger partial charge is 0.507 e. The highest BCUT2D eigenvalue weighted by Gasteiger charge is 2.19. The summed E-state index contributed by atoms with van der Waals surface area (Å²) in [4.78, 5) is 0. The van der Waals surface area contributed by atoms with Crippen LogP contribution in [0, 0.1) is 0 Å². The maximum absolute atomic E-state index is 11.0. The van der Waals surface area contributed by atoms with E-state index in [0.717, 1.165) is 43.8 Å². The topological polar surface area (TPSA) is 77.4 Å². The van der Waals surface area contributed by atoms with Gasteiger partial charge in [-0.1, -0.05) is 12.1 Å². The van der Waals surface area contributed by atoms with Gasteiger partial charge in [-0.05, 0) is 80.2 Å². The van der Waals surface area contributed by atoms with Crippen LogP contribution >= 0.6 is 0 Å². The molecule has 0 fully saturated rings. The third-order valence-electron chi connectivity index (χ3n) is 6.09. The van der Waals surface area contributed by atoms with Crippen molar-refractivity contribution in [3.63, 3.8) is 0 Å². The summed E-state index contributed by atoms with van der Waals surface area (Å²) in [7, 11) is 6.62. The van der Waals surface area contributed by atoms with Crippen molar-refractivity contribution in [2.24, 2.45) is 0 Å². The van der Waals surface area contributed by atoms with Crippen LogP contribution in [0.2, 0.25) is 0 Å². The third kappa shape index (κ3) is 4.45. The van der Waals surface area contributed by atoms with Crippen molar-refractivity contribution in [1.82, 2.24) is 0 Å². The van der Waals surface area contributed by atoms with Gasteiger partial charge in [-0.25, -0.2) is 0 Å². The molecule has 0 aliphatic heterocycles. The van der Waals surface area contributed by atoms with E-state index in [1.807, 2.05) is 36.4 Å². The Bertz CT molecular complexity index is 1230. The van der Waals surface area contributed by atoms with E-state index < -0.39 is 0 Å². The number of hydrogen-bond donors (Lipinski definition) is 2. The average Bonchev–Trinajstić information content (AvgIpc) is 2.82. The number of phenols is 2. The molecule has 4 rings (SSSR count). The molecule has 0 heterocycles. The first-order chi connectivity index (χ1) is 16.5. The molecule has 0 unspecified atom stereocenters. The highest BCUT2D eigenvalue weighted by molar-refractivity contribution is 6.10. The minimum atomic E-state index is 0.0902. The lowest BCUT2D eigenvalue weighted by Gasteiger charge is -2.18. The fourth-order valence-corrected chi connectivity index (χ4v) is 4.59. The van der Waals surface area contributed by atoms with Gasteiger partial charge in [0.15, 0.2) is 0 Å². The molecule has 34 heavy (non-hydrogen) atoms. The van der Waals surface area contributed by atoms with Gasteiger partial charge in [0.25, 0.3) is 0 Å². The molecule has 6 nitrogen and oxygen atoms in total. The highest BCUT2D eigenvalue weighted by Crippen LogP contribution is 2.45. The van der Waals surface area contributed by atoms with Crippen molar-refractivity contribution in [3.05, 3.63) is 70.8 Å². The van der Waals surface area contributed by atoms with Gasteiger partial charge in [0.2, 0.25) is 0 Å². The summed E-state index contributed by atoms with van der Waals surface area (Å²) in [5, 5.41) is 25.6. The van der Waals surface area contributed by atoms with Crippen LogP contribution in [0.15, 0.2) is 48.5 Å². The van der Waals surface area contributed by atoms with Crippen molar-refractivity contribution >= 4 is 21.5 Å². The number of phenolic OH excluding ortho intramolecular Hbond substituents is 2. The molecule has 0 aliphatic rings. The van der Waals surface area contributed by atoms with E-state index in [1.54, 1.807) is 40.6 Å². The first kappa shape index (κ1) is 24.0. The molecule has 4 aromatic rings. The summed E-state index contributed by atoms with van der Waals surface area (Å²) < 4.78 is 21.6. The summed E-state index contributed by atoms with van der Waals surface area (Å²) in [6.45, 7) is 1.72. The Balaban J connectivity index is 2.06. The molecule has 0 radical (unpaired) electrons. The summed E-state index contributed by atoms with van der Waals surface area (Å²) in [6, 6.07) is 15.2. The van der Waals surface area contributed by atoms with Crippen molar-refractivity contribution in [1.29, 1.82) is 0 Å². The van der Waals surface area contributed by atoms with E-state index in [-0.39, 0.29) is 11.5 Å². The monoisotopic (exact) mass is 462 g/mol. The number of hydrogen-bond acceptors (Lipinski definition) is 6. The van der Waals surface area contributed by atoms with Crippen LogP contribution in [0.5, 0.6) is 11.5 Å². The van der Waals surface area contributed by atoms with Gasteiger partial charge >= 0.3 is 0 Å². The van der Waals surface area contributed by atoms with Gasteiger partial charge in [-0.2, -0.15) is 0 Å². The molecule has 0 saturated heterocycles. The zero-order chi connectivity index (χ0) is 24.2. The van der Waals surface area contributed by atoms with Crippen molar-refractivity contribution in [2.45, 2.75) is 26.4 Å². The number of methoxy groups -OCH3 is 4. The molecule has 178 valence electrons. The SMILES string of the molecule is COCc1cc2ccc(O)c(-c3c(O)ccc4cc(COC)c(COC)cc34)c2cc1COC. The zero-order valence-corrected chi connectivity index (χ0v) is 20.0. The van der Waals surface area contributed by atoms with Crippen LogP contribution in [0.4, 0.5) is 0 Å². The fourth-order valence-electron chi connectivity index (χ4n) is 4.59. The number of aromatic hydroxyl groups is 2. The van der Waals surface area contributed by atoms with Crippen LogP contribution in [0.1, 0.15) is 22.3 Å². The first-order valence-corrected chi connectivity index (χ1v) is 11.0. The Morgan fingerprint density at radius 1 is 0.500 bits per heavy atom. The lowest BCUT2D eigenvalue weighted by molar-refractivity contribution is 0.168. The molecule has 0 aromatic heterocycles. The molecule has 4 aromatic carbocycles. The summed E-state index contributed by atoms with van der Waals surface area (Å²) in [5.41, 5.74) is 5.11. The highest BCUT2D eigenvalue weighted by atomic mass is 16.5. The minimum Gasteiger partial charge on any atom is -0.507 e. The fraction of sp³-hybridized carbons (Fsp3) is 0.286. The van der Waals surface area contributed by atoms with Crippen LogP contribution < -0.4 is 0 Å². The molecule has 0 saturated carbocycles. The average molecular weight is 463 g/mol. The van der Waals surface area contributed by atoms with Crippen LogP contribution in [-0.4, -0.2) is 38.7 Å². The number of ether oxygens (including phenoxy) is 4. The Hall–Kier alpha value is -3.16. The van der Waals surface area contributed by atoms with E-state index in [4.69, 9.17) is 18.9 Å². The smallest absolute Gasteiger partial charge is 0.124 e. The summed E-state index contributed by atoms with van der Waals surface area (Å²) >= 11 is 0. The van der Waals surface area contributed by atoms with Crippen molar-refractivity contribution in [2.75, 3.05) is 28.4 Å². The summed E-state index contributed by atoms with van der Waals surface area (Å²) in [5.74, 6) is 0.180. The van der Waals surface area contributed by atoms with Crippen LogP contribution in [0.3, 0.4) is 0 Å². The number of rotatable bonds is 9. The molecule has 6 heteroatoms. The standard InChI is InChI=1S/C28H30O6/c1-31-13-19-9-17-5-7-25(29)27(23(17)11-21(19)15-33-3)28-24-12-22(16-34-4)20(14-32-2)10-18(24)6-8-26(28)30/h5-12,29-30H,13-16H2,1-4H3. The quantitative estimate of drug-likeness (QED) is 0.334. The van der Waals surface area contributed by atoms with E-state index in [2.05, 4.69) is 0 Å². The van der Waals surface area contributed by atoms with Crippen LogP contribution in [-0.2, 0) is 45.4 Å². The number of benzene rings is 4. The minimum absolute atomic E-state index is 0.0902. The second-order valence-electron chi connectivity index (χ2n) is 8.34.